The van der Waals surface area contributed by atoms with E-state index in [-0.39, 0.29) is 28.3 Å². The maximum absolute atomic E-state index is 11.9. The van der Waals surface area contributed by atoms with Crippen LogP contribution in [0.1, 0.15) is 75.3 Å². The number of benzene rings is 2. The molecule has 0 aliphatic heterocycles. The fraction of sp³-hybridized carbons (Fsp3) is 0.500. The van der Waals surface area contributed by atoms with Gasteiger partial charge in [-0.3, -0.25) is 9.98 Å². The van der Waals surface area contributed by atoms with Crippen molar-refractivity contribution in [3.8, 4) is 23.0 Å². The van der Waals surface area contributed by atoms with Crippen LogP contribution < -0.4 is 19.7 Å². The second-order valence-corrected chi connectivity index (χ2v) is 8.90. The molecule has 2 aromatic rings. The fourth-order valence-electron chi connectivity index (χ4n) is 4.42. The molecule has 2 fully saturated rings. The van der Waals surface area contributed by atoms with Gasteiger partial charge in [-0.15, -0.1) is 0 Å². The molecule has 1 radical (unpaired) electrons. The van der Waals surface area contributed by atoms with E-state index in [1.54, 1.807) is 36.7 Å². The summed E-state index contributed by atoms with van der Waals surface area (Å²) >= 11 is 0. The van der Waals surface area contributed by atoms with Crippen LogP contribution in [0.25, 0.3) is 0 Å². The van der Waals surface area contributed by atoms with Gasteiger partial charge in [-0.25, -0.2) is 0 Å². The number of nitrogens with zero attached hydrogens (tertiary/aromatic N) is 2. The van der Waals surface area contributed by atoms with Gasteiger partial charge in [0.05, 0.1) is 14.2 Å². The second kappa shape index (κ2) is 15.5. The molecule has 7 heteroatoms. The molecule has 0 amide bonds. The van der Waals surface area contributed by atoms with Gasteiger partial charge in [-0.1, -0.05) is 74.3 Å². The maximum Gasteiger partial charge on any atom is 2.00 e. The van der Waals surface area contributed by atoms with E-state index in [0.717, 1.165) is 25.7 Å². The van der Waals surface area contributed by atoms with Crippen LogP contribution in [0.2, 0.25) is 0 Å². The summed E-state index contributed by atoms with van der Waals surface area (Å²) in [7, 11) is 3.03. The third-order valence-corrected chi connectivity index (χ3v) is 6.46. The molecule has 0 bridgehead atoms. The van der Waals surface area contributed by atoms with Gasteiger partial charge in [-0.2, -0.15) is 0 Å². The van der Waals surface area contributed by atoms with Crippen LogP contribution in [0, 0.1) is 0 Å². The Balaban J connectivity index is 0.000000240. The van der Waals surface area contributed by atoms with Crippen LogP contribution in [0.3, 0.4) is 0 Å². The number of hydrogen-bond donors (Lipinski definition) is 0. The monoisotopic (exact) mass is 523 g/mol. The molecule has 35 heavy (non-hydrogen) atoms. The van der Waals surface area contributed by atoms with E-state index in [9.17, 15) is 10.2 Å². The molecule has 0 spiro atoms. The zero-order valence-corrected chi connectivity index (χ0v) is 21.7. The average Bonchev–Trinajstić information content (AvgIpc) is 2.89. The van der Waals surface area contributed by atoms with Crippen molar-refractivity contribution in [1.82, 2.24) is 0 Å². The van der Waals surface area contributed by atoms with E-state index in [0.29, 0.717) is 34.7 Å². The first-order chi connectivity index (χ1) is 16.6. The molecule has 191 valence electrons. The molecule has 2 aliphatic carbocycles. The van der Waals surface area contributed by atoms with E-state index in [1.165, 1.54) is 52.7 Å². The van der Waals surface area contributed by atoms with Crippen molar-refractivity contribution in [3.05, 3.63) is 47.5 Å². The Morgan fingerprint density at radius 2 is 1.03 bits per heavy atom. The van der Waals surface area contributed by atoms with Crippen molar-refractivity contribution in [3.63, 3.8) is 0 Å². The van der Waals surface area contributed by atoms with Crippen molar-refractivity contribution < 1.29 is 36.5 Å². The number of methoxy groups -OCH3 is 2. The molecule has 0 heterocycles. The first kappa shape index (κ1) is 28.7. The van der Waals surface area contributed by atoms with Crippen LogP contribution >= 0.6 is 0 Å². The van der Waals surface area contributed by atoms with E-state index < -0.39 is 0 Å². The fourth-order valence-corrected chi connectivity index (χ4v) is 4.42. The second-order valence-electron chi connectivity index (χ2n) is 8.90. The summed E-state index contributed by atoms with van der Waals surface area (Å²) in [4.78, 5) is 9.02. The number of rotatable bonds is 6. The quantitative estimate of drug-likeness (QED) is 0.497. The first-order valence-electron chi connectivity index (χ1n) is 12.4. The first-order valence-corrected chi connectivity index (χ1v) is 12.4. The third-order valence-electron chi connectivity index (χ3n) is 6.46. The summed E-state index contributed by atoms with van der Waals surface area (Å²) in [6.07, 6.45) is 15.7. The smallest absolute Gasteiger partial charge is 0.870 e. The van der Waals surface area contributed by atoms with Crippen molar-refractivity contribution in [2.75, 3.05) is 14.2 Å². The normalized spacial score (nSPS) is 17.0. The Bertz CT molecular complexity index is 874. The van der Waals surface area contributed by atoms with E-state index >= 15 is 0 Å². The minimum absolute atomic E-state index is 0. The predicted molar refractivity (Wildman–Crippen MR) is 134 cm³/mol. The van der Waals surface area contributed by atoms with Crippen molar-refractivity contribution in [2.24, 2.45) is 9.98 Å². The predicted octanol–water partition coefficient (Wildman–Crippen LogP) is 5.04. The van der Waals surface area contributed by atoms with E-state index in [4.69, 9.17) is 9.47 Å². The van der Waals surface area contributed by atoms with Gasteiger partial charge < -0.3 is 19.7 Å². The van der Waals surface area contributed by atoms with Gasteiger partial charge in [0.2, 0.25) is 0 Å². The largest absolute Gasteiger partial charge is 2.00 e. The summed E-state index contributed by atoms with van der Waals surface area (Å²) in [6, 6.07) is 11.4. The molecule has 2 aliphatic rings. The van der Waals surface area contributed by atoms with Crippen molar-refractivity contribution in [2.45, 2.75) is 76.3 Å². The molecule has 2 aromatic carbocycles. The average molecular weight is 524 g/mol. The Morgan fingerprint density at radius 1 is 0.657 bits per heavy atom. The topological polar surface area (TPSA) is 89.3 Å². The molecule has 0 atom stereocenters. The third kappa shape index (κ3) is 8.89. The maximum atomic E-state index is 11.9. The standard InChI is InChI=1S/2C14H19NO2.Co/c2*1-17-13-9-5-6-11(14(13)16)10-15-12-7-3-2-4-8-12;/h2*5-6,9-10,12,16H,2-4,7-8H2,1H3;/q;;+2/p-2. The van der Waals surface area contributed by atoms with Crippen molar-refractivity contribution >= 4 is 12.4 Å². The summed E-state index contributed by atoms with van der Waals surface area (Å²) in [6.45, 7) is 0. The van der Waals surface area contributed by atoms with Gasteiger partial charge in [-0.05, 0) is 48.9 Å². The van der Waals surface area contributed by atoms with Crippen LogP contribution in [0.15, 0.2) is 46.4 Å². The molecule has 6 nitrogen and oxygen atoms in total. The summed E-state index contributed by atoms with van der Waals surface area (Å²) in [5, 5.41) is 23.7. The minimum atomic E-state index is -0.0745. The molecular formula is C28H36CoN2O4. The Hall–Kier alpha value is -2.51. The summed E-state index contributed by atoms with van der Waals surface area (Å²) in [5.74, 6) is 0.624. The van der Waals surface area contributed by atoms with Crippen LogP contribution in [-0.4, -0.2) is 38.7 Å². The van der Waals surface area contributed by atoms with Gasteiger partial charge in [0.25, 0.3) is 0 Å². The van der Waals surface area contributed by atoms with Gasteiger partial charge >= 0.3 is 16.8 Å². The number of ether oxygens (including phenoxy) is 2. The van der Waals surface area contributed by atoms with Gasteiger partial charge in [0.15, 0.2) is 0 Å². The van der Waals surface area contributed by atoms with E-state index in [2.05, 4.69) is 9.98 Å². The molecule has 0 aromatic heterocycles. The molecule has 0 saturated heterocycles. The summed E-state index contributed by atoms with van der Waals surface area (Å²) < 4.78 is 10.0. The Labute approximate surface area is 219 Å². The molecular weight excluding hydrogens is 487 g/mol. The SMILES string of the molecule is COc1cccc(C=NC2CCCCC2)c1[O-].COc1cccc(C=NC2CCCCC2)c1[O-].[Co+2]. The van der Waals surface area contributed by atoms with E-state index in [1.807, 2.05) is 12.1 Å². The number of para-hydroxylation sites is 2. The van der Waals surface area contributed by atoms with Crippen LogP contribution in [-0.2, 0) is 16.8 Å². The van der Waals surface area contributed by atoms with Crippen LogP contribution in [0.5, 0.6) is 23.0 Å². The summed E-state index contributed by atoms with van der Waals surface area (Å²) in [5.41, 5.74) is 1.24. The zero-order valence-electron chi connectivity index (χ0n) is 20.7. The van der Waals surface area contributed by atoms with Crippen LogP contribution in [0.4, 0.5) is 0 Å². The molecule has 0 unspecified atom stereocenters. The zero-order chi connectivity index (χ0) is 24.2. The Morgan fingerprint density at radius 3 is 1.37 bits per heavy atom. The molecule has 0 N–H and O–H groups in total. The Kier molecular flexibility index (Phi) is 12.7. The molecule has 2 saturated carbocycles. The number of aliphatic imine (C=N–C) groups is 2. The van der Waals surface area contributed by atoms with Gasteiger partial charge in [0.1, 0.15) is 11.5 Å². The minimum Gasteiger partial charge on any atom is -0.870 e. The molecule has 4 rings (SSSR count). The van der Waals surface area contributed by atoms with Gasteiger partial charge in [0, 0.05) is 24.5 Å². The van der Waals surface area contributed by atoms with Crippen molar-refractivity contribution in [1.29, 1.82) is 0 Å². The number of hydrogen-bond acceptors (Lipinski definition) is 6.